The van der Waals surface area contributed by atoms with Crippen LogP contribution >= 0.6 is 0 Å². The number of furan rings is 2. The predicted octanol–water partition coefficient (Wildman–Crippen LogP) is 4.00. The first-order valence-corrected chi connectivity index (χ1v) is 10.9. The summed E-state index contributed by atoms with van der Waals surface area (Å²) in [7, 11) is 2.17. The molecule has 0 aliphatic carbocycles. The number of hydrogen-bond acceptors (Lipinski definition) is 7. The van der Waals surface area contributed by atoms with Crippen molar-refractivity contribution in [1.29, 1.82) is 0 Å². The average molecular weight is 544 g/mol. The number of likely N-dealkylation sites (N-methyl/N-ethyl adjacent to an activating group) is 1. The van der Waals surface area contributed by atoms with E-state index in [0.29, 0.717) is 12.1 Å². The molecule has 0 spiro atoms. The lowest BCUT2D eigenvalue weighted by atomic mass is 10.00. The molecule has 208 valence electrons. The molecular formula is C22H26F6N2O7. The van der Waals surface area contributed by atoms with Crippen molar-refractivity contribution in [1.82, 2.24) is 9.80 Å². The summed E-state index contributed by atoms with van der Waals surface area (Å²) in [4.78, 5) is 22.7. The number of fused-ring (bicyclic) bond motifs is 1. The van der Waals surface area contributed by atoms with E-state index in [-0.39, 0.29) is 6.10 Å². The Hall–Kier alpha value is -3.04. The van der Waals surface area contributed by atoms with Crippen molar-refractivity contribution in [3.63, 3.8) is 0 Å². The molecule has 2 aliphatic heterocycles. The lowest BCUT2D eigenvalue weighted by molar-refractivity contribution is -0.193. The normalized spacial score (nSPS) is 21.9. The molecule has 0 aromatic carbocycles. The number of alkyl halides is 6. The molecule has 0 saturated carbocycles. The fourth-order valence-corrected chi connectivity index (χ4v) is 3.98. The van der Waals surface area contributed by atoms with Crippen molar-refractivity contribution in [3.8, 4) is 0 Å². The molecule has 0 bridgehead atoms. The van der Waals surface area contributed by atoms with Crippen LogP contribution < -0.4 is 0 Å². The summed E-state index contributed by atoms with van der Waals surface area (Å²) in [6.45, 7) is 3.67. The van der Waals surface area contributed by atoms with Gasteiger partial charge in [-0.3, -0.25) is 9.80 Å². The average Bonchev–Trinajstić information content (AvgIpc) is 3.56. The van der Waals surface area contributed by atoms with Gasteiger partial charge in [0.25, 0.3) is 0 Å². The molecule has 4 rings (SSSR count). The third-order valence-electron chi connectivity index (χ3n) is 5.61. The van der Waals surface area contributed by atoms with E-state index in [4.69, 9.17) is 33.4 Å². The van der Waals surface area contributed by atoms with Crippen molar-refractivity contribution in [3.05, 3.63) is 48.3 Å². The SMILES string of the molecule is CN(Cc1ccco1)[C@@H]1CN(Cc2ccoc2)[C@@H]2CCCO[C@H]12.O=C(O)C(F)(F)F.O=C(O)C(F)(F)F. The van der Waals surface area contributed by atoms with E-state index in [1.807, 2.05) is 18.4 Å². The Kier molecular flexibility index (Phi) is 10.6. The number of hydrogen-bond donors (Lipinski definition) is 2. The Morgan fingerprint density at radius 2 is 1.70 bits per heavy atom. The highest BCUT2D eigenvalue weighted by molar-refractivity contribution is 5.73. The molecule has 4 heterocycles. The van der Waals surface area contributed by atoms with E-state index >= 15 is 0 Å². The zero-order valence-corrected chi connectivity index (χ0v) is 19.5. The number of ether oxygens (including phenoxy) is 1. The largest absolute Gasteiger partial charge is 0.490 e. The third kappa shape index (κ3) is 9.40. The summed E-state index contributed by atoms with van der Waals surface area (Å²) in [6.07, 6.45) is -2.18. The van der Waals surface area contributed by atoms with E-state index in [1.165, 1.54) is 12.0 Å². The molecular weight excluding hydrogens is 518 g/mol. The van der Waals surface area contributed by atoms with Gasteiger partial charge in [-0.25, -0.2) is 9.59 Å². The van der Waals surface area contributed by atoms with Crippen LogP contribution in [-0.2, 0) is 27.4 Å². The van der Waals surface area contributed by atoms with Gasteiger partial charge in [0, 0.05) is 31.3 Å². The van der Waals surface area contributed by atoms with Crippen LogP contribution in [0.1, 0.15) is 24.2 Å². The minimum Gasteiger partial charge on any atom is -0.475 e. The maximum absolute atomic E-state index is 10.6. The maximum atomic E-state index is 10.6. The van der Waals surface area contributed by atoms with Gasteiger partial charge in [-0.2, -0.15) is 26.3 Å². The first-order chi connectivity index (χ1) is 17.2. The van der Waals surface area contributed by atoms with Crippen molar-refractivity contribution in [2.24, 2.45) is 0 Å². The monoisotopic (exact) mass is 544 g/mol. The molecule has 2 aliphatic rings. The molecule has 0 radical (unpaired) electrons. The van der Waals surface area contributed by atoms with Gasteiger partial charge < -0.3 is 23.8 Å². The predicted molar refractivity (Wildman–Crippen MR) is 113 cm³/mol. The molecule has 2 saturated heterocycles. The second-order valence-corrected chi connectivity index (χ2v) is 8.27. The van der Waals surface area contributed by atoms with Crippen LogP contribution in [0.15, 0.2) is 45.8 Å². The molecule has 15 heteroatoms. The number of carbonyl (C=O) groups is 2. The molecule has 0 unspecified atom stereocenters. The number of aliphatic carboxylic acids is 2. The highest BCUT2D eigenvalue weighted by Gasteiger charge is 2.45. The molecule has 2 aromatic rings. The van der Waals surface area contributed by atoms with Crippen molar-refractivity contribution < 1.29 is 59.7 Å². The Balaban J connectivity index is 0.000000286. The standard InChI is InChI=1S/C18H24N2O3.2C2HF3O2/c1-19(11-15-4-2-7-22-15)17-12-20(10-14-6-9-21-13-14)16-5-3-8-23-18(16)17;2*3-2(4,5)1(6)7/h2,4,6-7,9,13,16-18H,3,5,8,10-12H2,1H3;2*(H,6,7)/t16-,17-,18+;;/m1../s1. The van der Waals surface area contributed by atoms with Crippen molar-refractivity contribution in [2.45, 2.75) is 56.5 Å². The number of halogens is 6. The van der Waals surface area contributed by atoms with Gasteiger partial charge in [-0.05, 0) is 38.1 Å². The number of likely N-dealkylation sites (tertiary alicyclic amines) is 1. The molecule has 2 fully saturated rings. The van der Waals surface area contributed by atoms with Gasteiger partial charge in [-0.15, -0.1) is 0 Å². The number of nitrogens with zero attached hydrogens (tertiary/aromatic N) is 2. The maximum Gasteiger partial charge on any atom is 0.490 e. The smallest absolute Gasteiger partial charge is 0.475 e. The zero-order valence-electron chi connectivity index (χ0n) is 19.5. The number of rotatable bonds is 5. The van der Waals surface area contributed by atoms with Crippen molar-refractivity contribution >= 4 is 11.9 Å². The summed E-state index contributed by atoms with van der Waals surface area (Å²) in [5, 5.41) is 14.2. The van der Waals surface area contributed by atoms with Crippen LogP contribution in [0.2, 0.25) is 0 Å². The van der Waals surface area contributed by atoms with Gasteiger partial charge in [0.05, 0.1) is 37.5 Å². The van der Waals surface area contributed by atoms with E-state index in [0.717, 1.165) is 38.4 Å². The van der Waals surface area contributed by atoms with Crippen LogP contribution in [0.3, 0.4) is 0 Å². The highest BCUT2D eigenvalue weighted by Crippen LogP contribution is 2.33. The summed E-state index contributed by atoms with van der Waals surface area (Å²) in [5.74, 6) is -4.51. The lowest BCUT2D eigenvalue weighted by Gasteiger charge is -2.34. The van der Waals surface area contributed by atoms with Gasteiger partial charge in [0.1, 0.15) is 5.76 Å². The van der Waals surface area contributed by atoms with E-state index in [1.54, 1.807) is 12.5 Å². The van der Waals surface area contributed by atoms with Crippen LogP contribution in [0, 0.1) is 0 Å². The second kappa shape index (κ2) is 13.0. The molecule has 3 atom stereocenters. The Morgan fingerprint density at radius 1 is 1.08 bits per heavy atom. The van der Waals surface area contributed by atoms with Gasteiger partial charge >= 0.3 is 24.3 Å². The molecule has 9 nitrogen and oxygen atoms in total. The molecule has 2 aromatic heterocycles. The van der Waals surface area contributed by atoms with Crippen molar-refractivity contribution in [2.75, 3.05) is 20.2 Å². The summed E-state index contributed by atoms with van der Waals surface area (Å²) < 4.78 is 80.4. The summed E-state index contributed by atoms with van der Waals surface area (Å²) >= 11 is 0. The minimum absolute atomic E-state index is 0.288. The first-order valence-electron chi connectivity index (χ1n) is 10.9. The fraction of sp³-hybridized carbons (Fsp3) is 0.545. The quantitative estimate of drug-likeness (QED) is 0.539. The Labute approximate surface area is 207 Å². The Morgan fingerprint density at radius 3 is 2.19 bits per heavy atom. The fourth-order valence-electron chi connectivity index (χ4n) is 3.98. The molecule has 37 heavy (non-hydrogen) atoms. The zero-order chi connectivity index (χ0) is 27.8. The Bertz CT molecular complexity index is 939. The van der Waals surface area contributed by atoms with E-state index < -0.39 is 24.3 Å². The van der Waals surface area contributed by atoms with Gasteiger partial charge in [-0.1, -0.05) is 0 Å². The summed E-state index contributed by atoms with van der Waals surface area (Å²) in [5.41, 5.74) is 1.24. The topological polar surface area (TPSA) is 117 Å². The van der Waals surface area contributed by atoms with Gasteiger partial charge in [0.15, 0.2) is 0 Å². The first kappa shape index (κ1) is 30.2. The second-order valence-electron chi connectivity index (χ2n) is 8.27. The van der Waals surface area contributed by atoms with Crippen LogP contribution in [0.5, 0.6) is 0 Å². The summed E-state index contributed by atoms with van der Waals surface area (Å²) in [6, 6.07) is 6.94. The number of carboxylic acids is 2. The minimum atomic E-state index is -5.08. The lowest BCUT2D eigenvalue weighted by Crippen LogP contribution is -2.46. The molecule has 2 N–H and O–H groups in total. The van der Waals surface area contributed by atoms with Gasteiger partial charge in [0.2, 0.25) is 0 Å². The van der Waals surface area contributed by atoms with Crippen LogP contribution in [0.25, 0.3) is 0 Å². The number of carboxylic acid groups (broad SMARTS) is 2. The van der Waals surface area contributed by atoms with Crippen LogP contribution in [-0.4, -0.2) is 82.7 Å². The van der Waals surface area contributed by atoms with E-state index in [2.05, 4.69) is 22.9 Å². The van der Waals surface area contributed by atoms with Crippen LogP contribution in [0.4, 0.5) is 26.3 Å². The highest BCUT2D eigenvalue weighted by atomic mass is 19.4. The van der Waals surface area contributed by atoms with E-state index in [9.17, 15) is 26.3 Å². The molecule has 0 amide bonds. The third-order valence-corrected chi connectivity index (χ3v) is 5.61.